The standard InChI is InChI=1S/C16H23N3/c1-3-16(8-4-5-9-16)11-19-12(2)18-14-10-13(17)6-7-15(14)19/h6-7,10H,3-5,8-9,11,17H2,1-2H3. The summed E-state index contributed by atoms with van der Waals surface area (Å²) < 4.78 is 2.39. The van der Waals surface area contributed by atoms with Gasteiger partial charge in [-0.2, -0.15) is 0 Å². The molecule has 2 aromatic rings. The first kappa shape index (κ1) is 12.5. The van der Waals surface area contributed by atoms with Crippen molar-refractivity contribution in [3.05, 3.63) is 24.0 Å². The molecule has 0 saturated heterocycles. The number of hydrogen-bond donors (Lipinski definition) is 1. The Hall–Kier alpha value is -1.51. The van der Waals surface area contributed by atoms with Crippen molar-refractivity contribution in [2.75, 3.05) is 5.73 Å². The maximum absolute atomic E-state index is 5.85. The van der Waals surface area contributed by atoms with E-state index < -0.39 is 0 Å². The summed E-state index contributed by atoms with van der Waals surface area (Å²) in [5, 5.41) is 0. The van der Waals surface area contributed by atoms with Crippen molar-refractivity contribution >= 4 is 16.7 Å². The van der Waals surface area contributed by atoms with Crippen LogP contribution in [0, 0.1) is 12.3 Å². The first-order chi connectivity index (χ1) is 9.13. The van der Waals surface area contributed by atoms with Gasteiger partial charge in [0.1, 0.15) is 5.82 Å². The van der Waals surface area contributed by atoms with Crippen LogP contribution in [0.25, 0.3) is 11.0 Å². The molecule has 0 atom stereocenters. The molecule has 0 spiro atoms. The molecular weight excluding hydrogens is 234 g/mol. The van der Waals surface area contributed by atoms with Crippen LogP contribution in [0.2, 0.25) is 0 Å². The van der Waals surface area contributed by atoms with Crippen molar-refractivity contribution in [3.63, 3.8) is 0 Å². The van der Waals surface area contributed by atoms with Crippen LogP contribution in [0.5, 0.6) is 0 Å². The Labute approximate surface area is 114 Å². The van der Waals surface area contributed by atoms with E-state index in [1.54, 1.807) is 0 Å². The lowest BCUT2D eigenvalue weighted by molar-refractivity contribution is 0.238. The fraction of sp³-hybridized carbons (Fsp3) is 0.562. The van der Waals surface area contributed by atoms with Crippen molar-refractivity contribution in [1.82, 2.24) is 9.55 Å². The van der Waals surface area contributed by atoms with Crippen LogP contribution in [-0.4, -0.2) is 9.55 Å². The van der Waals surface area contributed by atoms with Gasteiger partial charge in [-0.15, -0.1) is 0 Å². The number of aromatic nitrogens is 2. The zero-order valence-electron chi connectivity index (χ0n) is 11.9. The topological polar surface area (TPSA) is 43.8 Å². The second-order valence-electron chi connectivity index (χ2n) is 6.05. The molecule has 1 aliphatic rings. The molecule has 0 amide bonds. The van der Waals surface area contributed by atoms with Crippen LogP contribution in [0.1, 0.15) is 44.9 Å². The van der Waals surface area contributed by atoms with Gasteiger partial charge in [0, 0.05) is 12.2 Å². The van der Waals surface area contributed by atoms with E-state index in [2.05, 4.69) is 29.5 Å². The van der Waals surface area contributed by atoms with E-state index in [4.69, 9.17) is 5.73 Å². The molecule has 0 radical (unpaired) electrons. The van der Waals surface area contributed by atoms with Crippen LogP contribution in [-0.2, 0) is 6.54 Å². The molecule has 2 N–H and O–H groups in total. The van der Waals surface area contributed by atoms with Gasteiger partial charge in [-0.1, -0.05) is 19.8 Å². The highest BCUT2D eigenvalue weighted by molar-refractivity contribution is 5.79. The third kappa shape index (κ3) is 2.11. The Morgan fingerprint density at radius 1 is 1.32 bits per heavy atom. The molecule has 3 nitrogen and oxygen atoms in total. The number of nitrogens with two attached hydrogens (primary N) is 1. The monoisotopic (exact) mass is 257 g/mol. The summed E-state index contributed by atoms with van der Waals surface area (Å²) in [7, 11) is 0. The predicted molar refractivity (Wildman–Crippen MR) is 80.1 cm³/mol. The summed E-state index contributed by atoms with van der Waals surface area (Å²) in [4.78, 5) is 4.66. The number of imidazole rings is 1. The van der Waals surface area contributed by atoms with Gasteiger partial charge >= 0.3 is 0 Å². The SMILES string of the molecule is CCC1(Cn2c(C)nc3cc(N)ccc32)CCCC1. The summed E-state index contributed by atoms with van der Waals surface area (Å²) in [6.07, 6.45) is 6.75. The quantitative estimate of drug-likeness (QED) is 0.847. The van der Waals surface area contributed by atoms with Crippen molar-refractivity contribution in [1.29, 1.82) is 0 Å². The number of benzene rings is 1. The third-order valence-corrected chi connectivity index (χ3v) is 4.87. The second kappa shape index (κ2) is 4.55. The highest BCUT2D eigenvalue weighted by atomic mass is 15.1. The van der Waals surface area contributed by atoms with Crippen LogP contribution in [0.4, 0.5) is 5.69 Å². The second-order valence-corrected chi connectivity index (χ2v) is 6.05. The molecule has 0 bridgehead atoms. The number of nitrogen functional groups attached to an aromatic ring is 1. The zero-order valence-corrected chi connectivity index (χ0v) is 11.9. The Balaban J connectivity index is 2.02. The fourth-order valence-electron chi connectivity index (χ4n) is 3.55. The lowest BCUT2D eigenvalue weighted by atomic mass is 9.83. The van der Waals surface area contributed by atoms with E-state index in [-0.39, 0.29) is 0 Å². The van der Waals surface area contributed by atoms with Crippen molar-refractivity contribution < 1.29 is 0 Å². The molecule has 1 aromatic carbocycles. The molecule has 19 heavy (non-hydrogen) atoms. The molecule has 1 fully saturated rings. The van der Waals surface area contributed by atoms with Gasteiger partial charge in [0.15, 0.2) is 0 Å². The van der Waals surface area contributed by atoms with Gasteiger partial charge in [-0.25, -0.2) is 4.98 Å². The molecule has 1 aliphatic carbocycles. The number of hydrogen-bond acceptors (Lipinski definition) is 2. The molecule has 0 aliphatic heterocycles. The Morgan fingerprint density at radius 3 is 2.74 bits per heavy atom. The Morgan fingerprint density at radius 2 is 2.05 bits per heavy atom. The van der Waals surface area contributed by atoms with E-state index in [1.807, 2.05) is 12.1 Å². The molecule has 3 heteroatoms. The number of rotatable bonds is 3. The van der Waals surface area contributed by atoms with Gasteiger partial charge in [0.2, 0.25) is 0 Å². The van der Waals surface area contributed by atoms with Crippen LogP contribution in [0.15, 0.2) is 18.2 Å². The minimum absolute atomic E-state index is 0.486. The average Bonchev–Trinajstić information content (AvgIpc) is 2.96. The number of anilines is 1. The smallest absolute Gasteiger partial charge is 0.106 e. The third-order valence-electron chi connectivity index (χ3n) is 4.87. The van der Waals surface area contributed by atoms with Gasteiger partial charge in [-0.05, 0) is 49.8 Å². The van der Waals surface area contributed by atoms with Gasteiger partial charge in [-0.3, -0.25) is 0 Å². The molecular formula is C16H23N3. The molecule has 1 aromatic heterocycles. The van der Waals surface area contributed by atoms with E-state index in [9.17, 15) is 0 Å². The van der Waals surface area contributed by atoms with Crippen molar-refractivity contribution in [2.45, 2.75) is 52.5 Å². The van der Waals surface area contributed by atoms with Crippen LogP contribution in [0.3, 0.4) is 0 Å². The summed E-state index contributed by atoms with van der Waals surface area (Å²) in [6, 6.07) is 6.07. The van der Waals surface area contributed by atoms with E-state index in [0.717, 1.165) is 23.6 Å². The zero-order chi connectivity index (χ0) is 13.5. The van der Waals surface area contributed by atoms with E-state index >= 15 is 0 Å². The van der Waals surface area contributed by atoms with E-state index in [0.29, 0.717) is 5.41 Å². The summed E-state index contributed by atoms with van der Waals surface area (Å²) in [6.45, 7) is 5.54. The summed E-state index contributed by atoms with van der Waals surface area (Å²) >= 11 is 0. The highest BCUT2D eigenvalue weighted by Gasteiger charge is 2.33. The largest absolute Gasteiger partial charge is 0.399 e. The van der Waals surface area contributed by atoms with Crippen molar-refractivity contribution in [2.24, 2.45) is 5.41 Å². The molecule has 3 rings (SSSR count). The Bertz CT molecular complexity index is 591. The molecule has 0 unspecified atom stereocenters. The highest BCUT2D eigenvalue weighted by Crippen LogP contribution is 2.43. The normalized spacial score (nSPS) is 18.2. The lowest BCUT2D eigenvalue weighted by Crippen LogP contribution is -2.23. The summed E-state index contributed by atoms with van der Waals surface area (Å²) in [5.74, 6) is 1.11. The first-order valence-electron chi connectivity index (χ1n) is 7.36. The average molecular weight is 257 g/mol. The minimum atomic E-state index is 0.486. The van der Waals surface area contributed by atoms with Gasteiger partial charge in [0.05, 0.1) is 11.0 Å². The molecule has 1 saturated carbocycles. The number of nitrogens with zero attached hydrogens (tertiary/aromatic N) is 2. The van der Waals surface area contributed by atoms with Crippen LogP contribution >= 0.6 is 0 Å². The summed E-state index contributed by atoms with van der Waals surface area (Å²) in [5.41, 5.74) is 9.39. The molecule has 102 valence electrons. The van der Waals surface area contributed by atoms with Crippen molar-refractivity contribution in [3.8, 4) is 0 Å². The van der Waals surface area contributed by atoms with E-state index in [1.165, 1.54) is 37.6 Å². The first-order valence-corrected chi connectivity index (χ1v) is 7.36. The van der Waals surface area contributed by atoms with Crippen LogP contribution < -0.4 is 5.73 Å². The van der Waals surface area contributed by atoms with Gasteiger partial charge in [0.25, 0.3) is 0 Å². The predicted octanol–water partition coefficient (Wildman–Crippen LogP) is 3.90. The Kier molecular flexibility index (Phi) is 3.00. The number of fused-ring (bicyclic) bond motifs is 1. The van der Waals surface area contributed by atoms with Gasteiger partial charge < -0.3 is 10.3 Å². The lowest BCUT2D eigenvalue weighted by Gasteiger charge is -2.28. The number of aryl methyl sites for hydroxylation is 1. The minimum Gasteiger partial charge on any atom is -0.399 e. The maximum atomic E-state index is 5.85. The molecule has 1 heterocycles. The maximum Gasteiger partial charge on any atom is 0.106 e. The fourth-order valence-corrected chi connectivity index (χ4v) is 3.55.